The largest absolute Gasteiger partial charge is 0.465 e. The van der Waals surface area contributed by atoms with Crippen LogP contribution in [0.5, 0.6) is 0 Å². The van der Waals surface area contributed by atoms with Crippen molar-refractivity contribution in [2.24, 2.45) is 0 Å². The van der Waals surface area contributed by atoms with E-state index in [9.17, 15) is 37.5 Å². The third-order valence-corrected chi connectivity index (χ3v) is 10.3. The molecule has 4 N–H and O–H groups in total. The number of nitrogens with one attached hydrogen (secondary N) is 3. The Morgan fingerprint density at radius 1 is 1.10 bits per heavy atom. The summed E-state index contributed by atoms with van der Waals surface area (Å²) < 4.78 is 31.9. The molecule has 2 atom stereocenters. The molecule has 0 aromatic heterocycles. The molecule has 0 spiro atoms. The zero-order valence-electron chi connectivity index (χ0n) is 28.4. The molecule has 15 heteroatoms. The molecule has 2 unspecified atom stereocenters. The fourth-order valence-corrected chi connectivity index (χ4v) is 7.43. The van der Waals surface area contributed by atoms with Crippen LogP contribution < -0.4 is 15.4 Å². The van der Waals surface area contributed by atoms with Crippen molar-refractivity contribution in [2.45, 2.75) is 122 Å². The van der Waals surface area contributed by atoms with Gasteiger partial charge in [0.25, 0.3) is 5.91 Å². The standard InChI is InChI=1S/C34H49N5O9S/c1-4-10-23(2)19-27(31(42)37-49(46,47)48-34(3)16-17-34)36-32(43)28-14-9-18-39(28)30(41)20-35-29(40)15-7-5-6-11-24-12-8-13-25-21-38(33(44)45)22-26(24)25/h8,12-13,27-28H,2,4-7,9-11,14-22H2,1,3H3,(H,35,40)(H,36,43)(H,37,42)(H,44,45). The normalized spacial score (nSPS) is 18.4. The lowest BCUT2D eigenvalue weighted by atomic mass is 9.98. The van der Waals surface area contributed by atoms with Crippen LogP contribution in [-0.2, 0) is 53.2 Å². The zero-order valence-corrected chi connectivity index (χ0v) is 29.2. The van der Waals surface area contributed by atoms with E-state index in [0.717, 1.165) is 42.4 Å². The Balaban J connectivity index is 1.21. The van der Waals surface area contributed by atoms with Gasteiger partial charge in [-0.05, 0) is 81.4 Å². The van der Waals surface area contributed by atoms with E-state index in [1.807, 2.05) is 29.8 Å². The van der Waals surface area contributed by atoms with Crippen LogP contribution in [0.25, 0.3) is 0 Å². The minimum absolute atomic E-state index is 0.0196. The molecule has 270 valence electrons. The van der Waals surface area contributed by atoms with Crippen molar-refractivity contribution in [3.8, 4) is 0 Å². The van der Waals surface area contributed by atoms with Gasteiger partial charge in [0, 0.05) is 26.1 Å². The lowest BCUT2D eigenvalue weighted by Gasteiger charge is -2.27. The van der Waals surface area contributed by atoms with Crippen molar-refractivity contribution >= 4 is 40.0 Å². The van der Waals surface area contributed by atoms with Gasteiger partial charge in [-0.3, -0.25) is 24.1 Å². The predicted octanol–water partition coefficient (Wildman–Crippen LogP) is 3.05. The van der Waals surface area contributed by atoms with Crippen molar-refractivity contribution in [1.29, 1.82) is 0 Å². The summed E-state index contributed by atoms with van der Waals surface area (Å²) in [6.45, 7) is 8.33. The monoisotopic (exact) mass is 703 g/mol. The molecule has 1 saturated heterocycles. The number of likely N-dealkylation sites (tertiary alicyclic amines) is 1. The number of hydrogen-bond acceptors (Lipinski definition) is 8. The number of hydrogen-bond donors (Lipinski definition) is 4. The first-order valence-corrected chi connectivity index (χ1v) is 18.5. The Bertz CT molecular complexity index is 1540. The first-order valence-electron chi connectivity index (χ1n) is 17.1. The fourth-order valence-electron chi connectivity index (χ4n) is 6.30. The molecule has 1 aromatic carbocycles. The third kappa shape index (κ3) is 11.0. The maximum absolute atomic E-state index is 13.4. The number of unbranched alkanes of at least 4 members (excludes halogenated alkanes) is 2. The van der Waals surface area contributed by atoms with Gasteiger partial charge in [-0.15, -0.1) is 0 Å². The van der Waals surface area contributed by atoms with Gasteiger partial charge in [-0.25, -0.2) is 13.7 Å². The van der Waals surface area contributed by atoms with Crippen LogP contribution in [0.1, 0.15) is 101 Å². The van der Waals surface area contributed by atoms with Crippen LogP contribution in [0.3, 0.4) is 0 Å². The zero-order chi connectivity index (χ0) is 35.8. The molecular weight excluding hydrogens is 654 g/mol. The average molecular weight is 704 g/mol. The van der Waals surface area contributed by atoms with Crippen molar-refractivity contribution in [2.75, 3.05) is 13.1 Å². The number of benzene rings is 1. The number of fused-ring (bicyclic) bond motifs is 1. The molecule has 49 heavy (non-hydrogen) atoms. The number of rotatable bonds is 18. The van der Waals surface area contributed by atoms with E-state index in [4.69, 9.17) is 4.18 Å². The summed E-state index contributed by atoms with van der Waals surface area (Å²) in [6.07, 6.45) is 5.70. The van der Waals surface area contributed by atoms with E-state index >= 15 is 0 Å². The van der Waals surface area contributed by atoms with E-state index in [1.54, 1.807) is 6.92 Å². The number of aryl methyl sites for hydroxylation is 1. The van der Waals surface area contributed by atoms with Crippen molar-refractivity contribution in [3.05, 3.63) is 47.0 Å². The van der Waals surface area contributed by atoms with Crippen molar-refractivity contribution < 1.29 is 41.7 Å². The summed E-state index contributed by atoms with van der Waals surface area (Å²) in [5.74, 6) is -2.24. The molecule has 2 aliphatic heterocycles. The van der Waals surface area contributed by atoms with Crippen LogP contribution >= 0.6 is 0 Å². The highest BCUT2D eigenvalue weighted by atomic mass is 32.2. The van der Waals surface area contributed by atoms with E-state index in [0.29, 0.717) is 63.7 Å². The highest BCUT2D eigenvalue weighted by molar-refractivity contribution is 7.85. The maximum atomic E-state index is 13.4. The lowest BCUT2D eigenvalue weighted by Crippen LogP contribution is -2.55. The Morgan fingerprint density at radius 3 is 2.55 bits per heavy atom. The van der Waals surface area contributed by atoms with E-state index in [1.165, 1.54) is 9.80 Å². The van der Waals surface area contributed by atoms with Crippen LogP contribution in [-0.4, -0.2) is 83.8 Å². The van der Waals surface area contributed by atoms with Crippen molar-refractivity contribution in [1.82, 2.24) is 25.2 Å². The first-order chi connectivity index (χ1) is 23.2. The summed E-state index contributed by atoms with van der Waals surface area (Å²) >= 11 is 0. The fraction of sp³-hybridized carbons (Fsp3) is 0.618. The molecule has 0 bridgehead atoms. The molecule has 1 aromatic rings. The Morgan fingerprint density at radius 2 is 1.86 bits per heavy atom. The summed E-state index contributed by atoms with van der Waals surface area (Å²) in [5, 5.41) is 14.6. The Labute approximate surface area is 288 Å². The van der Waals surface area contributed by atoms with E-state index < -0.39 is 51.8 Å². The predicted molar refractivity (Wildman–Crippen MR) is 180 cm³/mol. The highest BCUT2D eigenvalue weighted by Gasteiger charge is 2.44. The van der Waals surface area contributed by atoms with Crippen LogP contribution in [0.4, 0.5) is 4.79 Å². The second-order valence-corrected chi connectivity index (χ2v) is 14.8. The number of amides is 5. The Hall–Kier alpha value is -3.98. The Kier molecular flexibility index (Phi) is 12.8. The molecule has 1 saturated carbocycles. The third-order valence-electron chi connectivity index (χ3n) is 9.23. The first kappa shape index (κ1) is 37.8. The summed E-state index contributed by atoms with van der Waals surface area (Å²) in [6, 6.07) is 3.79. The smallest absolute Gasteiger partial charge is 0.407 e. The minimum atomic E-state index is -4.40. The molecule has 5 amide bonds. The second-order valence-electron chi connectivity index (χ2n) is 13.5. The summed E-state index contributed by atoms with van der Waals surface area (Å²) in [4.78, 5) is 66.1. The van der Waals surface area contributed by atoms with E-state index in [2.05, 4.69) is 17.2 Å². The lowest BCUT2D eigenvalue weighted by molar-refractivity contribution is -0.139. The maximum Gasteiger partial charge on any atom is 0.407 e. The molecule has 4 rings (SSSR count). The molecule has 3 aliphatic rings. The molecule has 2 fully saturated rings. The van der Waals surface area contributed by atoms with Gasteiger partial charge in [0.15, 0.2) is 0 Å². The quantitative estimate of drug-likeness (QED) is 0.131. The average Bonchev–Trinajstić information content (AvgIpc) is 3.40. The van der Waals surface area contributed by atoms with Gasteiger partial charge in [0.05, 0.1) is 12.1 Å². The SMILES string of the molecule is C=C(CCC)CC(NC(=O)C1CCCN1C(=O)CNC(=O)CCCCCc1cccc2c1CN(C(=O)O)C2)C(=O)NS(=O)(=O)OC1(C)CC1. The van der Waals surface area contributed by atoms with Gasteiger partial charge in [-0.1, -0.05) is 50.1 Å². The summed E-state index contributed by atoms with van der Waals surface area (Å²) in [7, 11) is -4.40. The van der Waals surface area contributed by atoms with E-state index in [-0.39, 0.29) is 25.3 Å². The molecule has 14 nitrogen and oxygen atoms in total. The van der Waals surface area contributed by atoms with Crippen molar-refractivity contribution in [3.63, 3.8) is 0 Å². The van der Waals surface area contributed by atoms with Crippen LogP contribution in [0.2, 0.25) is 0 Å². The van der Waals surface area contributed by atoms with Gasteiger partial charge in [-0.2, -0.15) is 8.42 Å². The van der Waals surface area contributed by atoms with Gasteiger partial charge in [0.2, 0.25) is 17.7 Å². The number of carbonyl (C=O) groups is 5. The minimum Gasteiger partial charge on any atom is -0.465 e. The van der Waals surface area contributed by atoms with Gasteiger partial charge < -0.3 is 20.6 Å². The van der Waals surface area contributed by atoms with Crippen LogP contribution in [0.15, 0.2) is 30.4 Å². The highest BCUT2D eigenvalue weighted by Crippen LogP contribution is 2.39. The molecular formula is C34H49N5O9S. The molecule has 2 heterocycles. The second kappa shape index (κ2) is 16.6. The van der Waals surface area contributed by atoms with Gasteiger partial charge >= 0.3 is 16.4 Å². The number of carbonyl (C=O) groups excluding carboxylic acids is 4. The van der Waals surface area contributed by atoms with Gasteiger partial charge in [0.1, 0.15) is 12.1 Å². The summed E-state index contributed by atoms with van der Waals surface area (Å²) in [5.41, 5.74) is 3.04. The number of carboxylic acid groups (broad SMARTS) is 1. The molecule has 1 aliphatic carbocycles. The molecule has 0 radical (unpaired) electrons. The number of nitrogens with zero attached hydrogens (tertiary/aromatic N) is 2. The van der Waals surface area contributed by atoms with Crippen LogP contribution in [0, 0.1) is 0 Å². The topological polar surface area (TPSA) is 192 Å².